The van der Waals surface area contributed by atoms with Crippen molar-refractivity contribution in [3.63, 3.8) is 0 Å². The second-order valence-electron chi connectivity index (χ2n) is 9.80. The van der Waals surface area contributed by atoms with Crippen LogP contribution in [0.1, 0.15) is 21.6 Å². The predicted octanol–water partition coefficient (Wildman–Crippen LogP) is 3.70. The lowest BCUT2D eigenvalue weighted by Crippen LogP contribution is -2.41. The Morgan fingerprint density at radius 2 is 1.69 bits per heavy atom. The SMILES string of the molecule is O=C(c1nn(-c2ccc3nn(Cc4ccccc4)cc3c2)c2c1CS(=O)(=O)c1ccccc1-2)N1CCOCC1. The van der Waals surface area contributed by atoms with Crippen LogP contribution in [0.4, 0.5) is 0 Å². The molecule has 3 aromatic carbocycles. The van der Waals surface area contributed by atoms with E-state index in [0.717, 1.165) is 22.2 Å². The van der Waals surface area contributed by atoms with Crippen molar-refractivity contribution in [3.8, 4) is 16.9 Å². The lowest BCUT2D eigenvalue weighted by molar-refractivity contribution is 0.0298. The van der Waals surface area contributed by atoms with Gasteiger partial charge in [-0.25, -0.2) is 13.1 Å². The molecule has 0 aliphatic carbocycles. The fourth-order valence-corrected chi connectivity index (χ4v) is 6.98. The zero-order valence-electron chi connectivity index (χ0n) is 21.0. The minimum atomic E-state index is -3.63. The van der Waals surface area contributed by atoms with Crippen LogP contribution in [0.3, 0.4) is 0 Å². The molecule has 0 unspecified atom stereocenters. The number of hydrogen-bond acceptors (Lipinski definition) is 6. The normalized spacial score (nSPS) is 16.2. The highest BCUT2D eigenvalue weighted by Crippen LogP contribution is 2.41. The standard InChI is InChI=1S/C29H25N5O4S/c35-29(32-12-14-38-15-13-32)27-24-19-39(36,37)26-9-5-4-8-23(26)28(24)34(31-27)22-10-11-25-21(16-22)18-33(30-25)17-20-6-2-1-3-7-20/h1-11,16,18H,12-15,17,19H2. The molecule has 2 aliphatic heterocycles. The van der Waals surface area contributed by atoms with Gasteiger partial charge in [0.15, 0.2) is 15.5 Å². The van der Waals surface area contributed by atoms with Crippen LogP contribution in [0.25, 0.3) is 27.8 Å². The van der Waals surface area contributed by atoms with E-state index in [2.05, 4.69) is 12.1 Å². The minimum absolute atomic E-state index is 0.171. The number of ether oxygens (including phenoxy) is 1. The first kappa shape index (κ1) is 23.8. The van der Waals surface area contributed by atoms with Crippen molar-refractivity contribution < 1.29 is 17.9 Å². The molecule has 0 radical (unpaired) electrons. The van der Waals surface area contributed by atoms with Gasteiger partial charge in [0.2, 0.25) is 0 Å². The number of nitrogens with zero attached hydrogens (tertiary/aromatic N) is 5. The molecule has 10 heteroatoms. The average Bonchev–Trinajstić information content (AvgIpc) is 3.54. The van der Waals surface area contributed by atoms with Crippen molar-refractivity contribution in [1.29, 1.82) is 0 Å². The van der Waals surface area contributed by atoms with E-state index >= 15 is 0 Å². The summed E-state index contributed by atoms with van der Waals surface area (Å²) in [6, 6.07) is 22.9. The van der Waals surface area contributed by atoms with Crippen molar-refractivity contribution in [3.05, 3.63) is 95.8 Å². The van der Waals surface area contributed by atoms with Gasteiger partial charge >= 0.3 is 0 Å². The summed E-state index contributed by atoms with van der Waals surface area (Å²) >= 11 is 0. The van der Waals surface area contributed by atoms with Crippen molar-refractivity contribution in [2.75, 3.05) is 26.3 Å². The van der Waals surface area contributed by atoms with Crippen LogP contribution >= 0.6 is 0 Å². The van der Waals surface area contributed by atoms with Crippen LogP contribution in [0.5, 0.6) is 0 Å². The van der Waals surface area contributed by atoms with Crippen LogP contribution < -0.4 is 0 Å². The maximum Gasteiger partial charge on any atom is 0.274 e. The molecule has 0 spiro atoms. The van der Waals surface area contributed by atoms with Gasteiger partial charge in [-0.05, 0) is 29.8 Å². The Bertz CT molecular complexity index is 1840. The highest BCUT2D eigenvalue weighted by Gasteiger charge is 2.37. The second-order valence-corrected chi connectivity index (χ2v) is 11.8. The topological polar surface area (TPSA) is 99.3 Å². The Hall–Kier alpha value is -4.28. The predicted molar refractivity (Wildman–Crippen MR) is 145 cm³/mol. The van der Waals surface area contributed by atoms with E-state index in [4.69, 9.17) is 14.9 Å². The van der Waals surface area contributed by atoms with Gasteiger partial charge in [0.25, 0.3) is 5.91 Å². The molecule has 2 aliphatic rings. The molecule has 7 rings (SSSR count). The molecule has 1 fully saturated rings. The molecule has 0 bridgehead atoms. The first-order valence-electron chi connectivity index (χ1n) is 12.8. The van der Waals surface area contributed by atoms with E-state index in [1.54, 1.807) is 33.8 Å². The van der Waals surface area contributed by atoms with Crippen molar-refractivity contribution in [2.45, 2.75) is 17.2 Å². The lowest BCUT2D eigenvalue weighted by Gasteiger charge is -2.26. The molecule has 9 nitrogen and oxygen atoms in total. The molecule has 1 saturated heterocycles. The second kappa shape index (κ2) is 9.18. The summed E-state index contributed by atoms with van der Waals surface area (Å²) in [5.74, 6) is -0.554. The Morgan fingerprint density at radius 1 is 0.923 bits per heavy atom. The zero-order chi connectivity index (χ0) is 26.6. The fraction of sp³-hybridized carbons (Fsp3) is 0.207. The third-order valence-electron chi connectivity index (χ3n) is 7.26. The largest absolute Gasteiger partial charge is 0.378 e. The summed E-state index contributed by atoms with van der Waals surface area (Å²) in [7, 11) is -3.63. The molecule has 5 aromatic rings. The van der Waals surface area contributed by atoms with E-state index in [1.807, 2.05) is 47.3 Å². The summed E-state index contributed by atoms with van der Waals surface area (Å²) in [5.41, 5.74) is 4.50. The van der Waals surface area contributed by atoms with Gasteiger partial charge in [-0.2, -0.15) is 10.2 Å². The molecular weight excluding hydrogens is 514 g/mol. The number of fused-ring (bicyclic) bond motifs is 4. The molecule has 0 atom stereocenters. The molecule has 4 heterocycles. The van der Waals surface area contributed by atoms with Gasteiger partial charge < -0.3 is 9.64 Å². The average molecular weight is 540 g/mol. The van der Waals surface area contributed by atoms with Gasteiger partial charge in [0.1, 0.15) is 0 Å². The third kappa shape index (κ3) is 4.12. The quantitative estimate of drug-likeness (QED) is 0.345. The number of carbonyl (C=O) groups is 1. The third-order valence-corrected chi connectivity index (χ3v) is 8.96. The van der Waals surface area contributed by atoms with Gasteiger partial charge in [0, 0.05) is 35.8 Å². The Balaban J connectivity index is 1.37. The van der Waals surface area contributed by atoms with Crippen LogP contribution in [-0.4, -0.2) is 65.1 Å². The van der Waals surface area contributed by atoms with Crippen LogP contribution in [-0.2, 0) is 26.9 Å². The first-order chi connectivity index (χ1) is 19.0. The molecule has 0 saturated carbocycles. The lowest BCUT2D eigenvalue weighted by atomic mass is 10.0. The minimum Gasteiger partial charge on any atom is -0.378 e. The maximum atomic E-state index is 13.6. The number of benzene rings is 3. The van der Waals surface area contributed by atoms with Crippen molar-refractivity contribution >= 4 is 26.6 Å². The Kier molecular flexibility index (Phi) is 5.60. The Labute approximate surface area is 225 Å². The van der Waals surface area contributed by atoms with Crippen molar-refractivity contribution in [1.82, 2.24) is 24.5 Å². The van der Waals surface area contributed by atoms with E-state index in [-0.39, 0.29) is 22.2 Å². The number of morpholine rings is 1. The highest BCUT2D eigenvalue weighted by molar-refractivity contribution is 7.90. The van der Waals surface area contributed by atoms with E-state index in [9.17, 15) is 13.2 Å². The smallest absolute Gasteiger partial charge is 0.274 e. The maximum absolute atomic E-state index is 13.6. The molecular formula is C29H25N5O4S. The van der Waals surface area contributed by atoms with Crippen LogP contribution in [0, 0.1) is 0 Å². The summed E-state index contributed by atoms with van der Waals surface area (Å²) in [6.45, 7) is 2.41. The number of amides is 1. The fourth-order valence-electron chi connectivity index (χ4n) is 5.39. The Morgan fingerprint density at radius 3 is 2.51 bits per heavy atom. The van der Waals surface area contributed by atoms with E-state index < -0.39 is 9.84 Å². The molecule has 1 amide bonds. The highest BCUT2D eigenvalue weighted by atomic mass is 32.2. The zero-order valence-corrected chi connectivity index (χ0v) is 21.8. The van der Waals surface area contributed by atoms with Crippen molar-refractivity contribution in [2.24, 2.45) is 0 Å². The molecule has 196 valence electrons. The van der Waals surface area contributed by atoms with Crippen LogP contribution in [0.2, 0.25) is 0 Å². The van der Waals surface area contributed by atoms with Crippen LogP contribution in [0.15, 0.2) is 83.9 Å². The summed E-state index contributed by atoms with van der Waals surface area (Å²) in [4.78, 5) is 15.5. The van der Waals surface area contributed by atoms with Gasteiger partial charge in [-0.3, -0.25) is 9.48 Å². The van der Waals surface area contributed by atoms with E-state index in [1.165, 1.54) is 0 Å². The van der Waals surface area contributed by atoms with Gasteiger partial charge in [-0.1, -0.05) is 48.5 Å². The van der Waals surface area contributed by atoms with E-state index in [0.29, 0.717) is 49.7 Å². The summed E-state index contributed by atoms with van der Waals surface area (Å²) < 4.78 is 35.6. The van der Waals surface area contributed by atoms with Gasteiger partial charge in [-0.15, -0.1) is 0 Å². The summed E-state index contributed by atoms with van der Waals surface area (Å²) in [5, 5.41) is 10.4. The first-order valence-corrected chi connectivity index (χ1v) is 14.5. The number of rotatable bonds is 4. The monoisotopic (exact) mass is 539 g/mol. The number of aromatic nitrogens is 4. The van der Waals surface area contributed by atoms with Gasteiger partial charge in [0.05, 0.1) is 47.3 Å². The number of sulfone groups is 1. The summed E-state index contributed by atoms with van der Waals surface area (Å²) in [6.07, 6.45) is 1.99. The number of hydrogen-bond donors (Lipinski definition) is 0. The molecule has 2 aromatic heterocycles. The number of carbonyl (C=O) groups excluding carboxylic acids is 1. The molecule has 39 heavy (non-hydrogen) atoms. The molecule has 0 N–H and O–H groups in total.